The summed E-state index contributed by atoms with van der Waals surface area (Å²) >= 11 is 0. The molecule has 0 unspecified atom stereocenters. The molecule has 0 saturated carbocycles. The maximum atomic E-state index is 13.1. The first-order valence-corrected chi connectivity index (χ1v) is 7.14. The minimum Gasteiger partial charge on any atom is -0.451 e. The first-order chi connectivity index (χ1) is 12.7. The predicted octanol–water partition coefficient (Wildman–Crippen LogP) is 3.40. The van der Waals surface area contributed by atoms with Crippen molar-refractivity contribution in [1.82, 2.24) is 9.97 Å². The zero-order valence-electron chi connectivity index (χ0n) is 13.3. The van der Waals surface area contributed by atoms with E-state index < -0.39 is 36.3 Å². The maximum Gasteiger partial charge on any atom is 0.445 e. The molecule has 0 saturated heterocycles. The molecule has 0 bridgehead atoms. The van der Waals surface area contributed by atoms with Crippen molar-refractivity contribution >= 4 is 23.3 Å². The minimum absolute atomic E-state index is 0.177. The molecule has 0 fully saturated rings. The Kier molecular flexibility index (Phi) is 6.16. The largest absolute Gasteiger partial charge is 0.451 e. The van der Waals surface area contributed by atoms with Crippen LogP contribution in [0.2, 0.25) is 0 Å². The lowest BCUT2D eigenvalue weighted by Crippen LogP contribution is -2.34. The molecule has 142 valence electrons. The van der Waals surface area contributed by atoms with E-state index in [0.717, 1.165) is 4.90 Å². The van der Waals surface area contributed by atoms with Gasteiger partial charge in [-0.1, -0.05) is 0 Å². The van der Waals surface area contributed by atoms with Gasteiger partial charge in [0.25, 0.3) is 0 Å². The van der Waals surface area contributed by atoms with Crippen LogP contribution >= 0.6 is 0 Å². The minimum atomic E-state index is -5.57. The molecule has 2 aromatic heterocycles. The Morgan fingerprint density at radius 1 is 0.926 bits per heavy atom. The fraction of sp³-hybridized carbons (Fsp3) is 0.125. The van der Waals surface area contributed by atoms with Gasteiger partial charge in [-0.15, -0.1) is 0 Å². The molecule has 0 aliphatic carbocycles. The number of aromatic nitrogens is 2. The molecule has 0 aliphatic rings. The fourth-order valence-corrected chi connectivity index (χ4v) is 1.87. The first-order valence-electron chi connectivity index (χ1n) is 7.14. The summed E-state index contributed by atoms with van der Waals surface area (Å²) in [5.74, 6) is -8.42. The lowest BCUT2D eigenvalue weighted by molar-refractivity contribution is -0.153. The standard InChI is InChI=1S/C16H10F5N3O3/c17-12(13(18)16(19,20)21)9-27-15(26)14(25)24(10-1-5-22-6-2-10)11-3-7-23-8-4-11/h1-8H,9H2/b13-12+. The third kappa shape index (κ3) is 5.06. The van der Waals surface area contributed by atoms with Gasteiger partial charge >= 0.3 is 18.1 Å². The van der Waals surface area contributed by atoms with E-state index in [4.69, 9.17) is 0 Å². The van der Waals surface area contributed by atoms with Crippen molar-refractivity contribution in [3.63, 3.8) is 0 Å². The Morgan fingerprint density at radius 2 is 1.37 bits per heavy atom. The number of nitrogens with zero attached hydrogens (tertiary/aromatic N) is 3. The van der Waals surface area contributed by atoms with E-state index >= 15 is 0 Å². The zero-order chi connectivity index (χ0) is 20.0. The van der Waals surface area contributed by atoms with E-state index in [1.165, 1.54) is 49.1 Å². The molecule has 0 N–H and O–H groups in total. The summed E-state index contributed by atoms with van der Waals surface area (Å²) in [6, 6.07) is 5.48. The van der Waals surface area contributed by atoms with E-state index in [9.17, 15) is 31.5 Å². The topological polar surface area (TPSA) is 72.4 Å². The number of rotatable bonds is 4. The third-order valence-corrected chi connectivity index (χ3v) is 3.04. The van der Waals surface area contributed by atoms with Crippen LogP contribution in [-0.4, -0.2) is 34.6 Å². The second-order valence-electron chi connectivity index (χ2n) is 4.84. The van der Waals surface area contributed by atoms with Gasteiger partial charge in [0.15, 0.2) is 5.83 Å². The molecule has 2 aromatic rings. The Bertz CT molecular complexity index is 802. The maximum absolute atomic E-state index is 13.1. The number of ether oxygens (including phenoxy) is 1. The van der Waals surface area contributed by atoms with Gasteiger partial charge in [-0.2, -0.15) is 17.6 Å². The van der Waals surface area contributed by atoms with Crippen LogP contribution < -0.4 is 4.90 Å². The average molecular weight is 387 g/mol. The SMILES string of the molecule is O=C(OC/C(F)=C(\F)C(F)(F)F)C(=O)N(c1ccncc1)c1ccncc1. The Labute approximate surface area is 148 Å². The van der Waals surface area contributed by atoms with Crippen molar-refractivity contribution in [2.45, 2.75) is 6.18 Å². The summed E-state index contributed by atoms with van der Waals surface area (Å²) in [5, 5.41) is 0. The third-order valence-electron chi connectivity index (χ3n) is 3.04. The van der Waals surface area contributed by atoms with Crippen molar-refractivity contribution < 1.29 is 36.3 Å². The number of carbonyl (C=O) groups excluding carboxylic acids is 2. The van der Waals surface area contributed by atoms with Crippen LogP contribution in [0.1, 0.15) is 0 Å². The molecule has 2 rings (SSSR count). The molecule has 0 aromatic carbocycles. The Balaban J connectivity index is 2.22. The highest BCUT2D eigenvalue weighted by atomic mass is 19.4. The summed E-state index contributed by atoms with van der Waals surface area (Å²) in [5.41, 5.74) is 0.353. The molecule has 27 heavy (non-hydrogen) atoms. The molecule has 11 heteroatoms. The highest BCUT2D eigenvalue weighted by Crippen LogP contribution is 2.30. The fourth-order valence-electron chi connectivity index (χ4n) is 1.87. The number of anilines is 2. The zero-order valence-corrected chi connectivity index (χ0v) is 13.3. The van der Waals surface area contributed by atoms with E-state index in [1.807, 2.05) is 0 Å². The van der Waals surface area contributed by atoms with Gasteiger partial charge in [0, 0.05) is 24.8 Å². The number of hydrogen-bond acceptors (Lipinski definition) is 5. The van der Waals surface area contributed by atoms with Crippen LogP contribution in [0.15, 0.2) is 60.7 Å². The Morgan fingerprint density at radius 3 is 1.78 bits per heavy atom. The van der Waals surface area contributed by atoms with Crippen LogP contribution in [0.3, 0.4) is 0 Å². The summed E-state index contributed by atoms with van der Waals surface area (Å²) < 4.78 is 66.2. The van der Waals surface area contributed by atoms with E-state index in [1.54, 1.807) is 0 Å². The van der Waals surface area contributed by atoms with Crippen LogP contribution in [-0.2, 0) is 14.3 Å². The number of carbonyl (C=O) groups is 2. The summed E-state index contributed by atoms with van der Waals surface area (Å²) in [4.78, 5) is 32.6. The van der Waals surface area contributed by atoms with Gasteiger partial charge in [0.1, 0.15) is 6.61 Å². The number of hydrogen-bond donors (Lipinski definition) is 0. The Hall–Kier alpha value is -3.37. The molecular formula is C16H10F5N3O3. The number of halogens is 5. The number of alkyl halides is 3. The summed E-state index contributed by atoms with van der Waals surface area (Å²) in [7, 11) is 0. The first kappa shape index (κ1) is 19.9. The quantitative estimate of drug-likeness (QED) is 0.457. The van der Waals surface area contributed by atoms with Gasteiger partial charge in [0.05, 0.1) is 11.4 Å². The molecule has 2 heterocycles. The molecule has 6 nitrogen and oxygen atoms in total. The van der Waals surface area contributed by atoms with Gasteiger partial charge in [-0.05, 0) is 24.3 Å². The number of esters is 1. The molecule has 0 spiro atoms. The number of pyridine rings is 2. The molecule has 0 atom stereocenters. The second kappa shape index (κ2) is 8.34. The van der Waals surface area contributed by atoms with Crippen molar-refractivity contribution in [3.8, 4) is 0 Å². The number of amides is 1. The van der Waals surface area contributed by atoms with Crippen molar-refractivity contribution in [2.75, 3.05) is 11.5 Å². The van der Waals surface area contributed by atoms with Gasteiger partial charge in [0.2, 0.25) is 5.83 Å². The van der Waals surface area contributed by atoms with Crippen molar-refractivity contribution in [1.29, 1.82) is 0 Å². The highest BCUT2D eigenvalue weighted by Gasteiger charge is 2.38. The molecular weight excluding hydrogens is 377 g/mol. The van der Waals surface area contributed by atoms with Crippen molar-refractivity contribution in [2.24, 2.45) is 0 Å². The van der Waals surface area contributed by atoms with E-state index in [0.29, 0.717) is 0 Å². The lowest BCUT2D eigenvalue weighted by atomic mass is 10.2. The molecule has 0 aliphatic heterocycles. The van der Waals surface area contributed by atoms with Crippen LogP contribution in [0.25, 0.3) is 0 Å². The van der Waals surface area contributed by atoms with Crippen LogP contribution in [0.4, 0.5) is 33.3 Å². The van der Waals surface area contributed by atoms with E-state index in [2.05, 4.69) is 14.7 Å². The highest BCUT2D eigenvalue weighted by molar-refractivity contribution is 6.39. The smallest absolute Gasteiger partial charge is 0.445 e. The predicted molar refractivity (Wildman–Crippen MR) is 81.9 cm³/mol. The van der Waals surface area contributed by atoms with Crippen LogP contribution in [0, 0.1) is 0 Å². The lowest BCUT2D eigenvalue weighted by Gasteiger charge is -2.21. The normalized spacial score (nSPS) is 12.2. The van der Waals surface area contributed by atoms with Gasteiger partial charge in [-0.3, -0.25) is 19.7 Å². The summed E-state index contributed by atoms with van der Waals surface area (Å²) in [6.45, 7) is -1.68. The monoisotopic (exact) mass is 387 g/mol. The second-order valence-corrected chi connectivity index (χ2v) is 4.84. The van der Waals surface area contributed by atoms with Crippen molar-refractivity contribution in [3.05, 3.63) is 60.7 Å². The van der Waals surface area contributed by atoms with E-state index in [-0.39, 0.29) is 11.4 Å². The molecule has 0 radical (unpaired) electrons. The average Bonchev–Trinajstić information content (AvgIpc) is 2.66. The number of allylic oxidation sites excluding steroid dienone is 1. The van der Waals surface area contributed by atoms with Crippen LogP contribution in [0.5, 0.6) is 0 Å². The van der Waals surface area contributed by atoms with Gasteiger partial charge < -0.3 is 4.74 Å². The van der Waals surface area contributed by atoms with Gasteiger partial charge in [-0.25, -0.2) is 9.18 Å². The summed E-state index contributed by atoms with van der Waals surface area (Å²) in [6.07, 6.45) is -0.278. The molecule has 1 amide bonds.